The molecule has 0 saturated carbocycles. The number of hydrogen-bond donors (Lipinski definition) is 1. The van der Waals surface area contributed by atoms with Crippen molar-refractivity contribution >= 4 is 28.9 Å². The molecule has 2 aromatic heterocycles. The van der Waals surface area contributed by atoms with E-state index in [4.69, 9.17) is 10.5 Å². The largest absolute Gasteiger partial charge is 0.375 e. The first-order valence-corrected chi connectivity index (χ1v) is 6.98. The van der Waals surface area contributed by atoms with Gasteiger partial charge in [-0.1, -0.05) is 0 Å². The van der Waals surface area contributed by atoms with Crippen LogP contribution in [0.25, 0.3) is 0 Å². The Bertz CT molecular complexity index is 519. The first kappa shape index (κ1) is 15.2. The molecule has 1 unspecified atom stereocenters. The van der Waals surface area contributed by atoms with Gasteiger partial charge in [0.05, 0.1) is 19.3 Å². The molecule has 2 N–H and O–H groups in total. The maximum atomic E-state index is 5.76. The average Bonchev–Trinajstić information content (AvgIpc) is 3.02. The Hall–Kier alpha value is -1.22. The van der Waals surface area contributed by atoms with Crippen LogP contribution in [0.4, 0.5) is 5.13 Å². The van der Waals surface area contributed by atoms with Gasteiger partial charge in [-0.3, -0.25) is 9.58 Å². The Morgan fingerprint density at radius 3 is 3.10 bits per heavy atom. The van der Waals surface area contributed by atoms with Crippen molar-refractivity contribution in [3.63, 3.8) is 0 Å². The predicted octanol–water partition coefficient (Wildman–Crippen LogP) is 0.640. The van der Waals surface area contributed by atoms with Crippen LogP contribution in [0.3, 0.4) is 0 Å². The molecule has 0 bridgehead atoms. The summed E-state index contributed by atoms with van der Waals surface area (Å²) >= 11 is 1.54. The van der Waals surface area contributed by atoms with E-state index in [2.05, 4.69) is 20.0 Å². The lowest BCUT2D eigenvalue weighted by Gasteiger charge is -2.32. The van der Waals surface area contributed by atoms with Crippen LogP contribution >= 0.6 is 23.7 Å². The molecule has 3 rings (SSSR count). The molecule has 1 saturated heterocycles. The second-order valence-corrected chi connectivity index (χ2v) is 5.66. The van der Waals surface area contributed by atoms with Gasteiger partial charge in [-0.05, 0) is 0 Å². The number of nitrogen functional groups attached to an aromatic ring is 1. The van der Waals surface area contributed by atoms with Crippen molar-refractivity contribution in [3.8, 4) is 0 Å². The van der Waals surface area contributed by atoms with Gasteiger partial charge in [-0.15, -0.1) is 23.7 Å². The lowest BCUT2D eigenvalue weighted by Crippen LogP contribution is -2.43. The second kappa shape index (κ2) is 6.98. The Labute approximate surface area is 127 Å². The summed E-state index contributed by atoms with van der Waals surface area (Å²) in [5, 5.41) is 4.73. The quantitative estimate of drug-likeness (QED) is 0.891. The van der Waals surface area contributed by atoms with Crippen molar-refractivity contribution in [2.45, 2.75) is 19.2 Å². The number of rotatable bonds is 4. The molecule has 0 spiro atoms. The monoisotopic (exact) mass is 316 g/mol. The van der Waals surface area contributed by atoms with E-state index in [-0.39, 0.29) is 18.5 Å². The van der Waals surface area contributed by atoms with Crippen LogP contribution in [0.2, 0.25) is 0 Å². The number of anilines is 1. The highest BCUT2D eigenvalue weighted by molar-refractivity contribution is 7.15. The van der Waals surface area contributed by atoms with Crippen LogP contribution in [0, 0.1) is 0 Å². The van der Waals surface area contributed by atoms with Gasteiger partial charge in [0.1, 0.15) is 12.7 Å². The zero-order valence-corrected chi connectivity index (χ0v) is 12.5. The van der Waals surface area contributed by atoms with Gasteiger partial charge in [0.2, 0.25) is 0 Å². The number of halogens is 1. The molecule has 9 heteroatoms. The van der Waals surface area contributed by atoms with E-state index in [1.54, 1.807) is 28.7 Å². The number of ether oxygens (including phenoxy) is 1. The minimum atomic E-state index is 0. The third-order valence-corrected chi connectivity index (χ3v) is 3.84. The maximum Gasteiger partial charge on any atom is 0.180 e. The van der Waals surface area contributed by atoms with Crippen molar-refractivity contribution in [1.29, 1.82) is 0 Å². The summed E-state index contributed by atoms with van der Waals surface area (Å²) in [5.74, 6) is 0. The van der Waals surface area contributed by atoms with E-state index in [1.165, 1.54) is 4.88 Å². The fourth-order valence-corrected chi connectivity index (χ4v) is 2.91. The number of aromatic nitrogens is 4. The fourth-order valence-electron chi connectivity index (χ4n) is 2.19. The molecule has 1 aliphatic rings. The van der Waals surface area contributed by atoms with E-state index in [1.807, 2.05) is 6.20 Å². The Balaban J connectivity index is 0.00000147. The predicted molar refractivity (Wildman–Crippen MR) is 78.8 cm³/mol. The number of morpholine rings is 1. The molecule has 1 aliphatic heterocycles. The molecular weight excluding hydrogens is 300 g/mol. The molecular formula is C11H17ClN6OS. The lowest BCUT2D eigenvalue weighted by atomic mass is 10.2. The maximum absolute atomic E-state index is 5.76. The summed E-state index contributed by atoms with van der Waals surface area (Å²) in [5.41, 5.74) is 5.65. The Kier molecular flexibility index (Phi) is 5.30. The molecule has 0 radical (unpaired) electrons. The van der Waals surface area contributed by atoms with Crippen molar-refractivity contribution < 1.29 is 4.74 Å². The highest BCUT2D eigenvalue weighted by Gasteiger charge is 2.21. The Morgan fingerprint density at radius 2 is 2.40 bits per heavy atom. The SMILES string of the molecule is Cl.Nc1ncc(CN2CCOC(Cn3cncn3)C2)s1. The smallest absolute Gasteiger partial charge is 0.180 e. The summed E-state index contributed by atoms with van der Waals surface area (Å²) in [6, 6.07) is 0. The number of nitrogens with zero attached hydrogens (tertiary/aromatic N) is 5. The van der Waals surface area contributed by atoms with Crippen molar-refractivity contribution in [1.82, 2.24) is 24.6 Å². The third-order valence-electron chi connectivity index (χ3n) is 3.03. The van der Waals surface area contributed by atoms with Gasteiger partial charge < -0.3 is 10.5 Å². The molecule has 20 heavy (non-hydrogen) atoms. The standard InChI is InChI=1S/C11H16N6OS.ClH/c12-11-14-3-10(19-11)6-16-1-2-18-9(4-16)5-17-8-13-7-15-17;/h3,7-9H,1-2,4-6H2,(H2,12,14);1H. The normalized spacial score (nSPS) is 19.7. The Morgan fingerprint density at radius 1 is 1.50 bits per heavy atom. The highest BCUT2D eigenvalue weighted by Crippen LogP contribution is 2.18. The first-order valence-electron chi connectivity index (χ1n) is 6.16. The minimum Gasteiger partial charge on any atom is -0.375 e. The summed E-state index contributed by atoms with van der Waals surface area (Å²) in [7, 11) is 0. The third kappa shape index (κ3) is 3.89. The second-order valence-electron chi connectivity index (χ2n) is 4.51. The van der Waals surface area contributed by atoms with Crippen LogP contribution in [0.5, 0.6) is 0 Å². The number of hydrogen-bond acceptors (Lipinski definition) is 7. The van der Waals surface area contributed by atoms with Crippen LogP contribution in [-0.4, -0.2) is 50.4 Å². The van der Waals surface area contributed by atoms with Gasteiger partial charge in [0.15, 0.2) is 5.13 Å². The van der Waals surface area contributed by atoms with Gasteiger partial charge >= 0.3 is 0 Å². The highest BCUT2D eigenvalue weighted by atomic mass is 35.5. The van der Waals surface area contributed by atoms with Crippen molar-refractivity contribution in [3.05, 3.63) is 23.7 Å². The average molecular weight is 317 g/mol. The molecule has 0 aromatic carbocycles. The van der Waals surface area contributed by atoms with E-state index in [0.29, 0.717) is 5.13 Å². The molecule has 7 nitrogen and oxygen atoms in total. The summed E-state index contributed by atoms with van der Waals surface area (Å²) < 4.78 is 7.56. The first-order chi connectivity index (χ1) is 9.29. The van der Waals surface area contributed by atoms with E-state index in [0.717, 1.165) is 32.8 Å². The molecule has 1 fully saturated rings. The van der Waals surface area contributed by atoms with Crippen LogP contribution in [0.15, 0.2) is 18.9 Å². The van der Waals surface area contributed by atoms with E-state index >= 15 is 0 Å². The van der Waals surface area contributed by atoms with Gasteiger partial charge in [-0.25, -0.2) is 9.97 Å². The molecule has 2 aromatic rings. The van der Waals surface area contributed by atoms with E-state index in [9.17, 15) is 0 Å². The minimum absolute atomic E-state index is 0. The van der Waals surface area contributed by atoms with Crippen LogP contribution in [0.1, 0.15) is 4.88 Å². The zero-order valence-electron chi connectivity index (χ0n) is 10.9. The fraction of sp³-hybridized carbons (Fsp3) is 0.545. The molecule has 110 valence electrons. The van der Waals surface area contributed by atoms with Gasteiger partial charge in [-0.2, -0.15) is 5.10 Å². The number of thiazole rings is 1. The van der Waals surface area contributed by atoms with Gasteiger partial charge in [0.25, 0.3) is 0 Å². The van der Waals surface area contributed by atoms with Crippen LogP contribution < -0.4 is 5.73 Å². The van der Waals surface area contributed by atoms with Crippen molar-refractivity contribution in [2.75, 3.05) is 25.4 Å². The van der Waals surface area contributed by atoms with Crippen molar-refractivity contribution in [2.24, 2.45) is 0 Å². The molecule has 1 atom stereocenters. The zero-order chi connectivity index (χ0) is 13.1. The summed E-state index contributed by atoms with van der Waals surface area (Å²) in [6.07, 6.45) is 5.26. The number of nitrogens with two attached hydrogens (primary N) is 1. The summed E-state index contributed by atoms with van der Waals surface area (Å²) in [6.45, 7) is 4.18. The molecule has 3 heterocycles. The van der Waals surface area contributed by atoms with Crippen LogP contribution in [-0.2, 0) is 17.8 Å². The van der Waals surface area contributed by atoms with Gasteiger partial charge in [0, 0.05) is 30.7 Å². The topological polar surface area (TPSA) is 82.1 Å². The summed E-state index contributed by atoms with van der Waals surface area (Å²) in [4.78, 5) is 11.6. The lowest BCUT2D eigenvalue weighted by molar-refractivity contribution is -0.0400. The van der Waals surface area contributed by atoms with E-state index < -0.39 is 0 Å². The molecule has 0 aliphatic carbocycles. The molecule has 0 amide bonds.